The summed E-state index contributed by atoms with van der Waals surface area (Å²) in [5.74, 6) is -0.0217. The normalized spacial score (nSPS) is 24.4. The van der Waals surface area contributed by atoms with Gasteiger partial charge in [0.2, 0.25) is 0 Å². The molecule has 2 bridgehead atoms. The van der Waals surface area contributed by atoms with E-state index in [1.54, 1.807) is 18.0 Å². The fraction of sp³-hybridized carbons (Fsp3) is 0.389. The van der Waals surface area contributed by atoms with Crippen LogP contribution in [0.3, 0.4) is 0 Å². The van der Waals surface area contributed by atoms with Gasteiger partial charge in [-0.25, -0.2) is 4.98 Å². The summed E-state index contributed by atoms with van der Waals surface area (Å²) in [4.78, 5) is 28.9. The minimum Gasteiger partial charge on any atom is -0.348 e. The molecular formula is C18H19N3O2S2. The maximum absolute atomic E-state index is 12.4. The van der Waals surface area contributed by atoms with Gasteiger partial charge in [-0.3, -0.25) is 9.59 Å². The van der Waals surface area contributed by atoms with Gasteiger partial charge in [-0.05, 0) is 43.5 Å². The molecule has 0 spiro atoms. The minimum absolute atomic E-state index is 0.00689. The Morgan fingerprint density at radius 1 is 1.28 bits per heavy atom. The summed E-state index contributed by atoms with van der Waals surface area (Å²) in [6, 6.07) is 8.84. The first-order valence-electron chi connectivity index (χ1n) is 8.40. The third kappa shape index (κ3) is 3.63. The van der Waals surface area contributed by atoms with Gasteiger partial charge >= 0.3 is 0 Å². The van der Waals surface area contributed by atoms with E-state index in [1.165, 1.54) is 24.7 Å². The lowest BCUT2D eigenvalue weighted by molar-refractivity contribution is 0.0930. The number of aromatic nitrogens is 1. The fourth-order valence-electron chi connectivity index (χ4n) is 3.50. The van der Waals surface area contributed by atoms with E-state index >= 15 is 0 Å². The molecule has 2 saturated heterocycles. The molecule has 2 fully saturated rings. The molecule has 130 valence electrons. The van der Waals surface area contributed by atoms with Gasteiger partial charge in [0.15, 0.2) is 10.8 Å². The zero-order chi connectivity index (χ0) is 17.4. The lowest BCUT2D eigenvalue weighted by Gasteiger charge is -2.21. The number of nitrogens with one attached hydrogen (secondary N) is 2. The van der Waals surface area contributed by atoms with Gasteiger partial charge in [-0.15, -0.1) is 11.3 Å². The summed E-state index contributed by atoms with van der Waals surface area (Å²) in [6.07, 6.45) is 5.14. The van der Waals surface area contributed by atoms with Crippen LogP contribution in [0.4, 0.5) is 0 Å². The lowest BCUT2D eigenvalue weighted by Crippen LogP contribution is -2.42. The van der Waals surface area contributed by atoms with E-state index in [2.05, 4.69) is 15.6 Å². The number of hydrogen-bond donors (Lipinski definition) is 2. The Kier molecular flexibility index (Phi) is 4.62. The maximum Gasteiger partial charge on any atom is 0.251 e. The van der Waals surface area contributed by atoms with Gasteiger partial charge in [0.05, 0.1) is 10.4 Å². The van der Waals surface area contributed by atoms with Gasteiger partial charge < -0.3 is 10.6 Å². The van der Waals surface area contributed by atoms with Crippen LogP contribution in [-0.4, -0.2) is 34.8 Å². The number of carbonyl (C=O) groups excluding carboxylic acids is 2. The second-order valence-electron chi connectivity index (χ2n) is 6.53. The average molecular weight is 374 g/mol. The largest absolute Gasteiger partial charge is 0.348 e. The summed E-state index contributed by atoms with van der Waals surface area (Å²) in [5.41, 5.74) is 0.681. The molecule has 2 aliphatic heterocycles. The van der Waals surface area contributed by atoms with E-state index in [4.69, 9.17) is 0 Å². The first-order chi connectivity index (χ1) is 12.1. The molecule has 1 amide bonds. The number of fused-ring (bicyclic) bond motifs is 2. The van der Waals surface area contributed by atoms with Gasteiger partial charge in [-0.2, -0.15) is 0 Å². The molecule has 0 aliphatic carbocycles. The van der Waals surface area contributed by atoms with E-state index in [0.717, 1.165) is 21.9 Å². The molecule has 3 atom stereocenters. The molecule has 1 aromatic carbocycles. The summed E-state index contributed by atoms with van der Waals surface area (Å²) in [7, 11) is 0. The Hall–Kier alpha value is -1.70. The lowest BCUT2D eigenvalue weighted by atomic mass is 9.95. The van der Waals surface area contributed by atoms with E-state index in [9.17, 15) is 9.59 Å². The van der Waals surface area contributed by atoms with E-state index < -0.39 is 0 Å². The van der Waals surface area contributed by atoms with Crippen molar-refractivity contribution >= 4 is 34.8 Å². The monoisotopic (exact) mass is 373 g/mol. The number of amides is 1. The molecule has 0 unspecified atom stereocenters. The molecule has 1 aromatic heterocycles. The zero-order valence-electron chi connectivity index (χ0n) is 13.8. The second-order valence-corrected chi connectivity index (χ2v) is 8.93. The van der Waals surface area contributed by atoms with E-state index in [1.807, 2.05) is 24.3 Å². The standard InChI is InChI=1S/C18H19N3O2S2/c1-10(22)18-19-9-16(25-18)24-13-5-2-11(3-6-13)17(23)21-15-8-12-4-7-14(15)20-12/h2-3,5-6,9,12,14-15,20H,4,7-8H2,1H3,(H,21,23)/t12-,14+,15-/m1/s1. The third-order valence-electron chi connectivity index (χ3n) is 4.74. The van der Waals surface area contributed by atoms with Crippen LogP contribution >= 0.6 is 23.1 Å². The smallest absolute Gasteiger partial charge is 0.251 e. The van der Waals surface area contributed by atoms with Crippen molar-refractivity contribution in [1.82, 2.24) is 15.6 Å². The third-order valence-corrected chi connectivity index (χ3v) is 6.94. The van der Waals surface area contributed by atoms with Crippen LogP contribution in [0.5, 0.6) is 0 Å². The highest BCUT2D eigenvalue weighted by molar-refractivity contribution is 8.01. The molecule has 2 aliphatic rings. The van der Waals surface area contributed by atoms with Crippen LogP contribution in [0.2, 0.25) is 0 Å². The van der Waals surface area contributed by atoms with Crippen molar-refractivity contribution in [2.75, 3.05) is 0 Å². The predicted molar refractivity (Wildman–Crippen MR) is 98.5 cm³/mol. The topological polar surface area (TPSA) is 71.1 Å². The summed E-state index contributed by atoms with van der Waals surface area (Å²) >= 11 is 2.94. The number of thiazole rings is 1. The van der Waals surface area contributed by atoms with Crippen LogP contribution in [0, 0.1) is 0 Å². The van der Waals surface area contributed by atoms with E-state index in [-0.39, 0.29) is 17.7 Å². The van der Waals surface area contributed by atoms with Crippen LogP contribution in [0.15, 0.2) is 39.6 Å². The molecule has 5 nitrogen and oxygen atoms in total. The Labute approximate surface area is 154 Å². The van der Waals surface area contributed by atoms with Gasteiger partial charge in [-0.1, -0.05) is 11.8 Å². The van der Waals surface area contributed by atoms with Gasteiger partial charge in [0.1, 0.15) is 0 Å². The second kappa shape index (κ2) is 6.90. The summed E-state index contributed by atoms with van der Waals surface area (Å²) in [5, 5.41) is 7.22. The Bertz CT molecular complexity index is 803. The molecule has 2 N–H and O–H groups in total. The Morgan fingerprint density at radius 2 is 2.08 bits per heavy atom. The van der Waals surface area contributed by atoms with E-state index in [0.29, 0.717) is 22.7 Å². The number of hydrogen-bond acceptors (Lipinski definition) is 6. The van der Waals surface area contributed by atoms with Crippen molar-refractivity contribution in [2.24, 2.45) is 0 Å². The van der Waals surface area contributed by atoms with Crippen molar-refractivity contribution < 1.29 is 9.59 Å². The molecule has 2 aromatic rings. The molecule has 3 heterocycles. The SMILES string of the molecule is CC(=O)c1ncc(Sc2ccc(C(=O)N[C@@H]3C[C@H]4CC[C@@H]3N4)cc2)s1. The van der Waals surface area contributed by atoms with Crippen molar-refractivity contribution in [1.29, 1.82) is 0 Å². The Morgan fingerprint density at radius 3 is 2.68 bits per heavy atom. The fourth-order valence-corrected chi connectivity index (χ4v) is 5.34. The number of benzene rings is 1. The first kappa shape index (κ1) is 16.8. The average Bonchev–Trinajstić information content (AvgIpc) is 3.32. The molecule has 0 saturated carbocycles. The van der Waals surface area contributed by atoms with Crippen LogP contribution in [-0.2, 0) is 0 Å². The molecular weight excluding hydrogens is 354 g/mol. The van der Waals surface area contributed by atoms with Gasteiger partial charge in [0.25, 0.3) is 5.91 Å². The highest BCUT2D eigenvalue weighted by atomic mass is 32.2. The van der Waals surface area contributed by atoms with Crippen LogP contribution < -0.4 is 10.6 Å². The Balaban J connectivity index is 1.37. The first-order valence-corrected chi connectivity index (χ1v) is 10.0. The molecule has 0 radical (unpaired) electrons. The number of nitrogens with zero attached hydrogens (tertiary/aromatic N) is 1. The number of carbonyl (C=O) groups is 2. The minimum atomic E-state index is -0.0148. The summed E-state index contributed by atoms with van der Waals surface area (Å²) < 4.78 is 0.968. The quantitative estimate of drug-likeness (QED) is 0.788. The predicted octanol–water partition coefficient (Wildman–Crippen LogP) is 3.12. The number of rotatable bonds is 5. The van der Waals surface area contributed by atoms with Crippen molar-refractivity contribution in [3.05, 3.63) is 41.0 Å². The molecule has 4 rings (SSSR count). The number of ketones is 1. The summed E-state index contributed by atoms with van der Waals surface area (Å²) in [6.45, 7) is 1.52. The molecule has 7 heteroatoms. The highest BCUT2D eigenvalue weighted by Gasteiger charge is 2.39. The van der Waals surface area contributed by atoms with Crippen molar-refractivity contribution in [2.45, 2.75) is 53.4 Å². The maximum atomic E-state index is 12.4. The van der Waals surface area contributed by atoms with Gasteiger partial charge in [0, 0.05) is 35.5 Å². The highest BCUT2D eigenvalue weighted by Crippen LogP contribution is 2.32. The zero-order valence-corrected chi connectivity index (χ0v) is 15.5. The van der Waals surface area contributed by atoms with Crippen molar-refractivity contribution in [3.63, 3.8) is 0 Å². The van der Waals surface area contributed by atoms with Crippen molar-refractivity contribution in [3.8, 4) is 0 Å². The van der Waals surface area contributed by atoms with Crippen LogP contribution in [0.25, 0.3) is 0 Å². The molecule has 25 heavy (non-hydrogen) atoms. The number of Topliss-reactive ketones (excluding diaryl/α,β-unsaturated/α-hetero) is 1. The van der Waals surface area contributed by atoms with Crippen LogP contribution in [0.1, 0.15) is 46.3 Å².